The number of sulfonamides is 1. The molecule has 4 N–H and O–H groups in total. The molecule has 0 radical (unpaired) electrons. The maximum Gasteiger partial charge on any atom is 0.231 e. The van der Waals surface area contributed by atoms with E-state index in [0.29, 0.717) is 16.7 Å². The third-order valence-electron chi connectivity index (χ3n) is 3.55. The van der Waals surface area contributed by atoms with Crippen LogP contribution >= 0.6 is 0 Å². The fourth-order valence-electron chi connectivity index (χ4n) is 2.12. The number of carbonyl (C=O) groups excluding carboxylic acids is 1. The number of alkyl halides is 1. The van der Waals surface area contributed by atoms with Crippen molar-refractivity contribution in [1.29, 1.82) is 0 Å². The first-order valence-electron chi connectivity index (χ1n) is 7.60. The van der Waals surface area contributed by atoms with E-state index in [9.17, 15) is 17.6 Å². The lowest BCUT2D eigenvalue weighted by Crippen LogP contribution is -2.08. The van der Waals surface area contributed by atoms with Crippen LogP contribution in [0.3, 0.4) is 0 Å². The number of rotatable bonds is 7. The zero-order valence-corrected chi connectivity index (χ0v) is 14.9. The molecule has 0 unspecified atom stereocenters. The van der Waals surface area contributed by atoms with Crippen LogP contribution in [-0.4, -0.2) is 30.7 Å². The molecule has 1 aromatic heterocycles. The van der Waals surface area contributed by atoms with E-state index in [-0.39, 0.29) is 23.7 Å². The molecule has 0 fully saturated rings. The lowest BCUT2D eigenvalue weighted by molar-refractivity contribution is 0.103. The molecule has 0 saturated heterocycles. The van der Waals surface area contributed by atoms with Gasteiger partial charge in [0.1, 0.15) is 12.5 Å². The van der Waals surface area contributed by atoms with Gasteiger partial charge in [0.25, 0.3) is 0 Å². The zero-order chi connectivity index (χ0) is 19.3. The van der Waals surface area contributed by atoms with Crippen molar-refractivity contribution >= 4 is 27.7 Å². The molecule has 0 aliphatic heterocycles. The van der Waals surface area contributed by atoms with Crippen LogP contribution in [0.4, 0.5) is 10.2 Å². The molecular formula is C17H19FN4O3S. The van der Waals surface area contributed by atoms with Gasteiger partial charge in [-0.25, -0.2) is 22.6 Å². The first kappa shape index (κ1) is 19.5. The van der Waals surface area contributed by atoms with E-state index in [1.165, 1.54) is 23.0 Å². The molecule has 1 aromatic carbocycles. The van der Waals surface area contributed by atoms with Crippen LogP contribution in [-0.2, 0) is 16.6 Å². The Labute approximate surface area is 150 Å². The van der Waals surface area contributed by atoms with E-state index in [1.54, 1.807) is 31.2 Å². The van der Waals surface area contributed by atoms with Gasteiger partial charge in [-0.05, 0) is 30.2 Å². The Balaban J connectivity index is 2.27. The quantitative estimate of drug-likeness (QED) is 0.563. The van der Waals surface area contributed by atoms with Crippen LogP contribution in [0.5, 0.6) is 0 Å². The van der Waals surface area contributed by atoms with Crippen LogP contribution in [0.1, 0.15) is 28.4 Å². The van der Waals surface area contributed by atoms with Gasteiger partial charge in [0, 0.05) is 11.0 Å². The highest BCUT2D eigenvalue weighted by Gasteiger charge is 2.16. The third kappa shape index (κ3) is 5.11. The average Bonchev–Trinajstić information content (AvgIpc) is 2.97. The molecule has 0 saturated carbocycles. The number of halogens is 1. The summed E-state index contributed by atoms with van der Waals surface area (Å²) < 4.78 is 35.9. The van der Waals surface area contributed by atoms with Gasteiger partial charge in [0.05, 0.1) is 18.3 Å². The van der Waals surface area contributed by atoms with Crippen molar-refractivity contribution in [2.24, 2.45) is 5.14 Å². The summed E-state index contributed by atoms with van der Waals surface area (Å²) in [7, 11) is -3.76. The first-order valence-corrected chi connectivity index (χ1v) is 9.20. The Kier molecular flexibility index (Phi) is 6.06. The van der Waals surface area contributed by atoms with Crippen LogP contribution in [0, 0.1) is 0 Å². The summed E-state index contributed by atoms with van der Waals surface area (Å²) in [5.74, 6) is -0.186. The van der Waals surface area contributed by atoms with Crippen molar-refractivity contribution in [1.82, 2.24) is 9.78 Å². The van der Waals surface area contributed by atoms with Crippen molar-refractivity contribution < 1.29 is 17.6 Å². The van der Waals surface area contributed by atoms with Crippen molar-refractivity contribution in [2.45, 2.75) is 13.5 Å². The molecule has 0 aliphatic carbocycles. The summed E-state index contributed by atoms with van der Waals surface area (Å²) in [5, 5.41) is 9.82. The van der Waals surface area contributed by atoms with Gasteiger partial charge in [-0.15, -0.1) is 0 Å². The first-order chi connectivity index (χ1) is 12.2. The maximum absolute atomic E-state index is 12.7. The predicted molar refractivity (Wildman–Crippen MR) is 98.4 cm³/mol. The fourth-order valence-corrected chi connectivity index (χ4v) is 2.47. The van der Waals surface area contributed by atoms with Crippen LogP contribution in [0.25, 0.3) is 6.08 Å². The van der Waals surface area contributed by atoms with E-state index in [1.807, 2.05) is 0 Å². The molecule has 0 bridgehead atoms. The molecule has 7 nitrogen and oxygen atoms in total. The second kappa shape index (κ2) is 8.07. The van der Waals surface area contributed by atoms with Crippen molar-refractivity contribution in [3.05, 3.63) is 64.2 Å². The van der Waals surface area contributed by atoms with E-state index in [0.717, 1.165) is 5.41 Å². The average molecular weight is 378 g/mol. The molecule has 0 amide bonds. The topological polar surface area (TPSA) is 121 Å². The number of hydrogen-bond acceptors (Lipinski definition) is 5. The van der Waals surface area contributed by atoms with Gasteiger partial charge >= 0.3 is 0 Å². The predicted octanol–water partition coefficient (Wildman–Crippen LogP) is 1.87. The number of ketones is 1. The number of carbonyl (C=O) groups is 1. The molecule has 0 spiro atoms. The van der Waals surface area contributed by atoms with Gasteiger partial charge in [-0.1, -0.05) is 24.3 Å². The van der Waals surface area contributed by atoms with Crippen LogP contribution in [0.15, 0.2) is 47.5 Å². The highest BCUT2D eigenvalue weighted by Crippen LogP contribution is 2.18. The number of hydrogen-bond donors (Lipinski definition) is 2. The Morgan fingerprint density at radius 3 is 2.77 bits per heavy atom. The van der Waals surface area contributed by atoms with E-state index in [2.05, 4.69) is 5.10 Å². The van der Waals surface area contributed by atoms with Crippen molar-refractivity contribution in [3.63, 3.8) is 0 Å². The van der Waals surface area contributed by atoms with Crippen LogP contribution in [0.2, 0.25) is 0 Å². The highest BCUT2D eigenvalue weighted by atomic mass is 32.2. The number of allylic oxidation sites excluding steroid dienone is 2. The highest BCUT2D eigenvalue weighted by molar-refractivity contribution is 7.92. The number of anilines is 1. The molecule has 0 aliphatic rings. The minimum Gasteiger partial charge on any atom is -0.383 e. The van der Waals surface area contributed by atoms with E-state index >= 15 is 0 Å². The van der Waals surface area contributed by atoms with Gasteiger partial charge in [-0.3, -0.25) is 4.79 Å². The minimum atomic E-state index is -3.76. The minimum absolute atomic E-state index is 0.170. The molecular weight excluding hydrogens is 359 g/mol. The maximum atomic E-state index is 12.7. The SMILES string of the molecule is CC(=CCn1ncc(C(=O)c2cccc(C=CS(N)(=O)=O)c2)c1N)CF. The number of benzene rings is 1. The lowest BCUT2D eigenvalue weighted by atomic mass is 10.0. The summed E-state index contributed by atoms with van der Waals surface area (Å²) in [6, 6.07) is 6.36. The second-order valence-electron chi connectivity index (χ2n) is 5.66. The molecule has 1 heterocycles. The summed E-state index contributed by atoms with van der Waals surface area (Å²) in [4.78, 5) is 12.7. The van der Waals surface area contributed by atoms with Crippen molar-refractivity contribution in [3.8, 4) is 0 Å². The Morgan fingerprint density at radius 2 is 2.12 bits per heavy atom. The van der Waals surface area contributed by atoms with Gasteiger partial charge in [0.2, 0.25) is 10.0 Å². The second-order valence-corrected chi connectivity index (χ2v) is 7.11. The molecule has 2 rings (SSSR count). The fraction of sp³-hybridized carbons (Fsp3) is 0.176. The number of nitrogens with two attached hydrogens (primary N) is 2. The number of nitrogen functional groups attached to an aromatic ring is 1. The zero-order valence-electron chi connectivity index (χ0n) is 14.1. The summed E-state index contributed by atoms with van der Waals surface area (Å²) in [6.45, 7) is 1.34. The summed E-state index contributed by atoms with van der Waals surface area (Å²) in [6.07, 6.45) is 4.28. The lowest BCUT2D eigenvalue weighted by Gasteiger charge is -2.04. The normalized spacial score (nSPS) is 12.7. The number of nitrogens with zero attached hydrogens (tertiary/aromatic N) is 2. The monoisotopic (exact) mass is 378 g/mol. The van der Waals surface area contributed by atoms with Gasteiger partial charge in [0.15, 0.2) is 5.78 Å². The molecule has 26 heavy (non-hydrogen) atoms. The molecule has 0 atom stereocenters. The smallest absolute Gasteiger partial charge is 0.231 e. The summed E-state index contributed by atoms with van der Waals surface area (Å²) >= 11 is 0. The number of aromatic nitrogens is 2. The van der Waals surface area contributed by atoms with E-state index < -0.39 is 16.7 Å². The van der Waals surface area contributed by atoms with Crippen molar-refractivity contribution in [2.75, 3.05) is 12.4 Å². The van der Waals surface area contributed by atoms with E-state index in [4.69, 9.17) is 10.9 Å². The Bertz CT molecular complexity index is 978. The van der Waals surface area contributed by atoms with Gasteiger partial charge < -0.3 is 5.73 Å². The standard InChI is InChI=1S/C17H19FN4O3S/c1-12(10-18)5-7-22-17(19)15(11-21-22)16(23)14-4-2-3-13(9-14)6-8-26(20,24)25/h2-6,8-9,11H,7,10,19H2,1H3,(H2,20,24,25). The molecule has 138 valence electrons. The molecule has 9 heteroatoms. The number of primary sulfonamides is 1. The Morgan fingerprint density at radius 1 is 1.38 bits per heavy atom. The molecule has 2 aromatic rings. The Hall–Kier alpha value is -2.78. The summed E-state index contributed by atoms with van der Waals surface area (Å²) in [5.41, 5.74) is 7.55. The third-order valence-corrected chi connectivity index (χ3v) is 4.06. The largest absolute Gasteiger partial charge is 0.383 e. The van der Waals surface area contributed by atoms with Gasteiger partial charge in [-0.2, -0.15) is 5.10 Å². The van der Waals surface area contributed by atoms with Crippen LogP contribution < -0.4 is 10.9 Å².